The van der Waals surface area contributed by atoms with Crippen molar-refractivity contribution in [2.75, 3.05) is 13.1 Å². The van der Waals surface area contributed by atoms with Crippen LogP contribution >= 0.6 is 0 Å². The molecule has 0 aromatic carbocycles. The lowest BCUT2D eigenvalue weighted by Crippen LogP contribution is -2.32. The number of carbonyl (C=O) groups is 1. The van der Waals surface area contributed by atoms with Gasteiger partial charge in [-0.25, -0.2) is 0 Å². The van der Waals surface area contributed by atoms with E-state index in [1.807, 2.05) is 0 Å². The van der Waals surface area contributed by atoms with Crippen LogP contribution in [0.3, 0.4) is 0 Å². The summed E-state index contributed by atoms with van der Waals surface area (Å²) in [7, 11) is 0. The van der Waals surface area contributed by atoms with Gasteiger partial charge in [0, 0.05) is 13.0 Å². The Morgan fingerprint density at radius 2 is 1.79 bits per heavy atom. The number of nitrogens with one attached hydrogen (secondary N) is 1. The van der Waals surface area contributed by atoms with Crippen molar-refractivity contribution >= 4 is 5.91 Å². The first kappa shape index (κ1) is 14.8. The molecular weight excluding hydrogens is 236 g/mol. The van der Waals surface area contributed by atoms with Gasteiger partial charge in [-0.1, -0.05) is 13.8 Å². The predicted molar refractivity (Wildman–Crippen MR) is 78.6 cm³/mol. The maximum Gasteiger partial charge on any atom is 0.220 e. The highest BCUT2D eigenvalue weighted by Gasteiger charge is 2.41. The zero-order chi connectivity index (χ0) is 13.9. The molecule has 0 unspecified atom stereocenters. The lowest BCUT2D eigenvalue weighted by atomic mass is 9.84. The van der Waals surface area contributed by atoms with Gasteiger partial charge < -0.3 is 11.1 Å². The number of amides is 1. The number of nitrogens with two attached hydrogens (primary N) is 1. The smallest absolute Gasteiger partial charge is 0.220 e. The molecule has 110 valence electrons. The van der Waals surface area contributed by atoms with Gasteiger partial charge in [0.25, 0.3) is 0 Å². The van der Waals surface area contributed by atoms with Gasteiger partial charge in [0.05, 0.1) is 0 Å². The molecule has 3 nitrogen and oxygen atoms in total. The molecule has 0 spiro atoms. The van der Waals surface area contributed by atoms with Gasteiger partial charge in [-0.3, -0.25) is 4.79 Å². The van der Waals surface area contributed by atoms with Crippen LogP contribution in [0.5, 0.6) is 0 Å². The van der Waals surface area contributed by atoms with Crippen LogP contribution in [-0.4, -0.2) is 19.0 Å². The van der Waals surface area contributed by atoms with Crippen LogP contribution in [-0.2, 0) is 4.79 Å². The highest BCUT2D eigenvalue weighted by atomic mass is 16.1. The molecule has 0 bridgehead atoms. The molecule has 0 atom stereocenters. The van der Waals surface area contributed by atoms with E-state index in [1.54, 1.807) is 0 Å². The van der Waals surface area contributed by atoms with Crippen molar-refractivity contribution in [3.05, 3.63) is 0 Å². The Hall–Kier alpha value is -0.570. The fourth-order valence-electron chi connectivity index (χ4n) is 3.05. The fourth-order valence-corrected chi connectivity index (χ4v) is 3.05. The molecule has 19 heavy (non-hydrogen) atoms. The molecular formula is C16H30N2O. The average molecular weight is 266 g/mol. The molecule has 0 aliphatic heterocycles. The SMILES string of the molecule is CC(C)(CCN)CCC(=O)NCC(C1CC1)C1CC1. The third-order valence-electron chi connectivity index (χ3n) is 4.84. The van der Waals surface area contributed by atoms with E-state index in [-0.39, 0.29) is 11.3 Å². The van der Waals surface area contributed by atoms with E-state index < -0.39 is 0 Å². The fraction of sp³-hybridized carbons (Fsp3) is 0.938. The molecule has 3 N–H and O–H groups in total. The summed E-state index contributed by atoms with van der Waals surface area (Å²) in [4.78, 5) is 11.9. The second kappa shape index (κ2) is 6.25. The lowest BCUT2D eigenvalue weighted by Gasteiger charge is -2.23. The summed E-state index contributed by atoms with van der Waals surface area (Å²) in [5.41, 5.74) is 5.79. The second-order valence-corrected chi connectivity index (χ2v) is 7.35. The average Bonchev–Trinajstić information content (AvgIpc) is 3.19. The summed E-state index contributed by atoms with van der Waals surface area (Å²) in [6.45, 7) is 6.03. The summed E-state index contributed by atoms with van der Waals surface area (Å²) >= 11 is 0. The summed E-state index contributed by atoms with van der Waals surface area (Å²) in [5, 5.41) is 3.17. The van der Waals surface area contributed by atoms with Gasteiger partial charge >= 0.3 is 0 Å². The van der Waals surface area contributed by atoms with Gasteiger partial charge in [0.15, 0.2) is 0 Å². The Morgan fingerprint density at radius 3 is 2.26 bits per heavy atom. The molecule has 2 fully saturated rings. The van der Waals surface area contributed by atoms with Gasteiger partial charge in [-0.2, -0.15) is 0 Å². The number of hydrogen-bond donors (Lipinski definition) is 2. The minimum absolute atomic E-state index is 0.193. The lowest BCUT2D eigenvalue weighted by molar-refractivity contribution is -0.121. The highest BCUT2D eigenvalue weighted by molar-refractivity contribution is 5.75. The third kappa shape index (κ3) is 5.13. The number of rotatable bonds is 9. The van der Waals surface area contributed by atoms with E-state index in [0.717, 1.165) is 37.1 Å². The van der Waals surface area contributed by atoms with Crippen molar-refractivity contribution in [1.82, 2.24) is 5.32 Å². The Morgan fingerprint density at radius 1 is 1.21 bits per heavy atom. The summed E-state index contributed by atoms with van der Waals surface area (Å²) in [6, 6.07) is 0. The van der Waals surface area contributed by atoms with E-state index in [0.29, 0.717) is 13.0 Å². The molecule has 0 aromatic heterocycles. The summed E-state index contributed by atoms with van der Waals surface area (Å²) < 4.78 is 0. The molecule has 0 heterocycles. The highest BCUT2D eigenvalue weighted by Crippen LogP contribution is 2.48. The van der Waals surface area contributed by atoms with Crippen LogP contribution in [0.2, 0.25) is 0 Å². The standard InChI is InChI=1S/C16H30N2O/c1-16(2,9-10-17)8-7-15(19)18-11-14(12-3-4-12)13-5-6-13/h12-14H,3-11,17H2,1-2H3,(H,18,19). The van der Waals surface area contributed by atoms with Crippen LogP contribution in [0.1, 0.15) is 58.8 Å². The predicted octanol–water partition coefficient (Wildman–Crippen LogP) is 2.69. The minimum Gasteiger partial charge on any atom is -0.356 e. The topological polar surface area (TPSA) is 55.1 Å². The number of hydrogen-bond acceptors (Lipinski definition) is 2. The van der Waals surface area contributed by atoms with E-state index in [2.05, 4.69) is 19.2 Å². The molecule has 2 saturated carbocycles. The monoisotopic (exact) mass is 266 g/mol. The zero-order valence-electron chi connectivity index (χ0n) is 12.6. The quantitative estimate of drug-likeness (QED) is 0.674. The van der Waals surface area contributed by atoms with Crippen LogP contribution in [0, 0.1) is 23.2 Å². The third-order valence-corrected chi connectivity index (χ3v) is 4.84. The van der Waals surface area contributed by atoms with Crippen molar-refractivity contribution in [1.29, 1.82) is 0 Å². The van der Waals surface area contributed by atoms with Crippen LogP contribution in [0.4, 0.5) is 0 Å². The van der Waals surface area contributed by atoms with E-state index in [1.165, 1.54) is 25.7 Å². The molecule has 2 rings (SSSR count). The normalized spacial score (nSPS) is 19.8. The first-order valence-electron chi connectivity index (χ1n) is 7.98. The Balaban J connectivity index is 1.63. The molecule has 0 aromatic rings. The van der Waals surface area contributed by atoms with Crippen molar-refractivity contribution in [2.45, 2.75) is 58.8 Å². The Kier molecular flexibility index (Phi) is 4.88. The Labute approximate surface area is 117 Å². The van der Waals surface area contributed by atoms with Gasteiger partial charge in [0.1, 0.15) is 0 Å². The maximum atomic E-state index is 11.9. The molecule has 0 saturated heterocycles. The molecule has 1 amide bonds. The maximum absolute atomic E-state index is 11.9. The van der Waals surface area contributed by atoms with Gasteiger partial charge in [-0.15, -0.1) is 0 Å². The first-order valence-corrected chi connectivity index (χ1v) is 7.98. The Bertz CT molecular complexity index is 294. The van der Waals surface area contributed by atoms with Crippen molar-refractivity contribution in [3.63, 3.8) is 0 Å². The van der Waals surface area contributed by atoms with E-state index in [4.69, 9.17) is 5.73 Å². The van der Waals surface area contributed by atoms with Gasteiger partial charge in [0.2, 0.25) is 5.91 Å². The summed E-state index contributed by atoms with van der Waals surface area (Å²) in [6.07, 6.45) is 8.14. The van der Waals surface area contributed by atoms with Crippen LogP contribution in [0.15, 0.2) is 0 Å². The molecule has 2 aliphatic carbocycles. The largest absolute Gasteiger partial charge is 0.356 e. The van der Waals surface area contributed by atoms with Crippen molar-refractivity contribution < 1.29 is 4.79 Å². The molecule has 3 heteroatoms. The molecule has 2 aliphatic rings. The molecule has 0 radical (unpaired) electrons. The van der Waals surface area contributed by atoms with Crippen LogP contribution in [0.25, 0.3) is 0 Å². The van der Waals surface area contributed by atoms with Gasteiger partial charge in [-0.05, 0) is 68.2 Å². The van der Waals surface area contributed by atoms with E-state index >= 15 is 0 Å². The summed E-state index contributed by atoms with van der Waals surface area (Å²) in [5.74, 6) is 2.85. The zero-order valence-corrected chi connectivity index (χ0v) is 12.6. The second-order valence-electron chi connectivity index (χ2n) is 7.35. The number of carbonyl (C=O) groups excluding carboxylic acids is 1. The van der Waals surface area contributed by atoms with Crippen molar-refractivity contribution in [3.8, 4) is 0 Å². The first-order chi connectivity index (χ1) is 9.02. The van der Waals surface area contributed by atoms with Crippen molar-refractivity contribution in [2.24, 2.45) is 28.9 Å². The van der Waals surface area contributed by atoms with Crippen LogP contribution < -0.4 is 11.1 Å². The van der Waals surface area contributed by atoms with E-state index in [9.17, 15) is 4.79 Å². The minimum atomic E-state index is 0.193.